The Morgan fingerprint density at radius 3 is 2.52 bits per heavy atom. The Hall–Kier alpha value is -2.32. The van der Waals surface area contributed by atoms with Crippen molar-refractivity contribution >= 4 is 5.91 Å². The Morgan fingerprint density at radius 2 is 1.83 bits per heavy atom. The first-order valence-electron chi connectivity index (χ1n) is 10.4. The minimum Gasteiger partial charge on any atom is -0.339 e. The second-order valence-corrected chi connectivity index (χ2v) is 8.01. The third-order valence-electron chi connectivity index (χ3n) is 6.00. The molecule has 0 N–H and O–H groups in total. The van der Waals surface area contributed by atoms with Crippen molar-refractivity contribution in [3.8, 4) is 0 Å². The number of piperidine rings is 1. The normalized spacial score (nSPS) is 21.4. The first kappa shape index (κ1) is 20.0. The highest BCUT2D eigenvalue weighted by molar-refractivity contribution is 5.82. The van der Waals surface area contributed by atoms with E-state index in [0.717, 1.165) is 68.9 Å². The molecule has 3 heterocycles. The molecule has 156 valence electrons. The molecule has 1 unspecified atom stereocenters. The second kappa shape index (κ2) is 9.00. The van der Waals surface area contributed by atoms with Crippen LogP contribution in [0.3, 0.4) is 0 Å². The van der Waals surface area contributed by atoms with Gasteiger partial charge in [-0.3, -0.25) is 14.6 Å². The van der Waals surface area contributed by atoms with Gasteiger partial charge in [0.1, 0.15) is 17.2 Å². The van der Waals surface area contributed by atoms with Crippen LogP contribution in [-0.4, -0.2) is 69.7 Å². The molecular weight excluding hydrogens is 373 g/mol. The molecule has 8 heteroatoms. The Morgan fingerprint density at radius 1 is 1.07 bits per heavy atom. The van der Waals surface area contributed by atoms with E-state index in [2.05, 4.69) is 20.1 Å². The molecule has 0 radical (unpaired) electrons. The number of likely N-dealkylation sites (tertiary alicyclic amines) is 1. The van der Waals surface area contributed by atoms with E-state index < -0.39 is 0 Å². The van der Waals surface area contributed by atoms with Crippen molar-refractivity contribution in [3.05, 3.63) is 47.0 Å². The second-order valence-electron chi connectivity index (χ2n) is 8.01. The maximum atomic E-state index is 13.3. The fourth-order valence-electron chi connectivity index (χ4n) is 4.23. The van der Waals surface area contributed by atoms with Crippen LogP contribution in [0.15, 0.2) is 28.9 Å². The van der Waals surface area contributed by atoms with Gasteiger partial charge in [0.05, 0.1) is 6.04 Å². The molecule has 2 saturated heterocycles. The summed E-state index contributed by atoms with van der Waals surface area (Å²) in [5.41, 5.74) is 2.73. The number of amides is 1. The Labute approximate surface area is 170 Å². The molecule has 0 aliphatic carbocycles. The molecule has 4 rings (SSSR count). The van der Waals surface area contributed by atoms with Crippen molar-refractivity contribution in [2.75, 3.05) is 32.7 Å². The van der Waals surface area contributed by atoms with Crippen LogP contribution < -0.4 is 0 Å². The van der Waals surface area contributed by atoms with Crippen LogP contribution in [0, 0.1) is 12.7 Å². The smallest absolute Gasteiger partial charge is 0.240 e. The van der Waals surface area contributed by atoms with Gasteiger partial charge in [-0.1, -0.05) is 28.9 Å². The highest BCUT2D eigenvalue weighted by atomic mass is 19.1. The van der Waals surface area contributed by atoms with Crippen molar-refractivity contribution in [2.24, 2.45) is 0 Å². The Balaban J connectivity index is 1.34. The quantitative estimate of drug-likeness (QED) is 0.766. The number of aryl methyl sites for hydroxylation is 1. The standard InChI is InChI=1S/C21H28FN5O2/c1-16-19(24-29-23-16)15-25-10-12-26(13-11-25)21(28)20-4-2-3-9-27(20)14-17-5-7-18(22)8-6-17/h5-8,20H,2-4,9-15H2,1H3. The predicted molar refractivity (Wildman–Crippen MR) is 105 cm³/mol. The molecular formula is C21H28FN5O2. The van der Waals surface area contributed by atoms with Crippen LogP contribution in [0.4, 0.5) is 4.39 Å². The number of nitrogens with zero attached hydrogens (tertiary/aromatic N) is 5. The monoisotopic (exact) mass is 401 g/mol. The predicted octanol–water partition coefficient (Wildman–Crippen LogP) is 2.22. The number of carbonyl (C=O) groups excluding carboxylic acids is 1. The lowest BCUT2D eigenvalue weighted by atomic mass is 9.99. The lowest BCUT2D eigenvalue weighted by Crippen LogP contribution is -2.55. The van der Waals surface area contributed by atoms with Gasteiger partial charge >= 0.3 is 0 Å². The molecule has 1 amide bonds. The van der Waals surface area contributed by atoms with Crippen molar-refractivity contribution < 1.29 is 13.8 Å². The number of carbonyl (C=O) groups is 1. The number of rotatable bonds is 5. The minimum absolute atomic E-state index is 0.0812. The van der Waals surface area contributed by atoms with Crippen LogP contribution in [0.25, 0.3) is 0 Å². The summed E-state index contributed by atoms with van der Waals surface area (Å²) in [5, 5.41) is 7.78. The number of hydrogen-bond donors (Lipinski definition) is 0. The summed E-state index contributed by atoms with van der Waals surface area (Å²) in [6.45, 7) is 7.29. The molecule has 0 saturated carbocycles. The molecule has 0 bridgehead atoms. The van der Waals surface area contributed by atoms with Gasteiger partial charge in [0.25, 0.3) is 0 Å². The number of piperazine rings is 1. The van der Waals surface area contributed by atoms with Crippen LogP contribution in [-0.2, 0) is 17.9 Å². The lowest BCUT2D eigenvalue weighted by Gasteiger charge is -2.40. The average Bonchev–Trinajstić information content (AvgIpc) is 3.15. The van der Waals surface area contributed by atoms with Gasteiger partial charge in [0.15, 0.2) is 0 Å². The zero-order valence-electron chi connectivity index (χ0n) is 16.9. The molecule has 2 aliphatic rings. The molecule has 2 aliphatic heterocycles. The van der Waals surface area contributed by atoms with E-state index in [1.165, 1.54) is 12.1 Å². The number of halogens is 1. The lowest BCUT2D eigenvalue weighted by molar-refractivity contribution is -0.140. The fraction of sp³-hybridized carbons (Fsp3) is 0.571. The minimum atomic E-state index is -0.227. The Kier molecular flexibility index (Phi) is 6.20. The van der Waals surface area contributed by atoms with Crippen molar-refractivity contribution in [2.45, 2.75) is 45.3 Å². The van der Waals surface area contributed by atoms with Gasteiger partial charge in [-0.15, -0.1) is 0 Å². The first-order valence-corrected chi connectivity index (χ1v) is 10.4. The summed E-state index contributed by atoms with van der Waals surface area (Å²) in [7, 11) is 0. The number of aromatic nitrogens is 2. The number of benzene rings is 1. The molecule has 2 fully saturated rings. The topological polar surface area (TPSA) is 65.7 Å². The Bertz CT molecular complexity index is 817. The average molecular weight is 401 g/mol. The van der Waals surface area contributed by atoms with E-state index in [1.807, 2.05) is 24.0 Å². The highest BCUT2D eigenvalue weighted by Crippen LogP contribution is 2.22. The number of hydrogen-bond acceptors (Lipinski definition) is 6. The molecule has 1 aromatic carbocycles. The van der Waals surface area contributed by atoms with Gasteiger partial charge in [-0.2, -0.15) is 0 Å². The third-order valence-corrected chi connectivity index (χ3v) is 6.00. The van der Waals surface area contributed by atoms with E-state index >= 15 is 0 Å². The largest absolute Gasteiger partial charge is 0.339 e. The third kappa shape index (κ3) is 4.82. The molecule has 0 spiro atoms. The molecule has 1 atom stereocenters. The van der Waals surface area contributed by atoms with Crippen LogP contribution >= 0.6 is 0 Å². The van der Waals surface area contributed by atoms with E-state index in [9.17, 15) is 9.18 Å². The fourth-order valence-corrected chi connectivity index (χ4v) is 4.23. The molecule has 1 aromatic heterocycles. The van der Waals surface area contributed by atoms with Gasteiger partial charge < -0.3 is 4.90 Å². The van der Waals surface area contributed by atoms with Crippen molar-refractivity contribution in [3.63, 3.8) is 0 Å². The van der Waals surface area contributed by atoms with Gasteiger partial charge in [-0.25, -0.2) is 9.02 Å². The SMILES string of the molecule is Cc1nonc1CN1CCN(C(=O)C2CCCCN2Cc2ccc(F)cc2)CC1. The van der Waals surface area contributed by atoms with Gasteiger partial charge in [-0.05, 0) is 44.0 Å². The first-order chi connectivity index (χ1) is 14.1. The van der Waals surface area contributed by atoms with Crippen LogP contribution in [0.2, 0.25) is 0 Å². The van der Waals surface area contributed by atoms with Crippen molar-refractivity contribution in [1.82, 2.24) is 25.0 Å². The maximum absolute atomic E-state index is 13.3. The molecule has 2 aromatic rings. The van der Waals surface area contributed by atoms with Crippen LogP contribution in [0.5, 0.6) is 0 Å². The zero-order chi connectivity index (χ0) is 20.2. The van der Waals surface area contributed by atoms with Gasteiger partial charge in [0, 0.05) is 39.3 Å². The molecule has 7 nitrogen and oxygen atoms in total. The molecule has 29 heavy (non-hydrogen) atoms. The van der Waals surface area contributed by atoms with E-state index in [0.29, 0.717) is 13.1 Å². The summed E-state index contributed by atoms with van der Waals surface area (Å²) >= 11 is 0. The summed E-state index contributed by atoms with van der Waals surface area (Å²) in [5.74, 6) is 0.000215. The summed E-state index contributed by atoms with van der Waals surface area (Å²) in [6.07, 6.45) is 3.07. The zero-order valence-corrected chi connectivity index (χ0v) is 16.9. The summed E-state index contributed by atoms with van der Waals surface area (Å²) < 4.78 is 18.0. The van der Waals surface area contributed by atoms with Crippen molar-refractivity contribution in [1.29, 1.82) is 0 Å². The highest BCUT2D eigenvalue weighted by Gasteiger charge is 2.33. The van der Waals surface area contributed by atoms with Crippen LogP contribution in [0.1, 0.15) is 36.2 Å². The van der Waals surface area contributed by atoms with E-state index in [4.69, 9.17) is 4.63 Å². The summed E-state index contributed by atoms with van der Waals surface area (Å²) in [4.78, 5) is 19.8. The maximum Gasteiger partial charge on any atom is 0.240 e. The van der Waals surface area contributed by atoms with Gasteiger partial charge in [0.2, 0.25) is 5.91 Å². The van der Waals surface area contributed by atoms with E-state index in [-0.39, 0.29) is 17.8 Å². The van der Waals surface area contributed by atoms with E-state index in [1.54, 1.807) is 0 Å². The summed E-state index contributed by atoms with van der Waals surface area (Å²) in [6, 6.07) is 6.51.